The monoisotopic (exact) mass is 278 g/mol. The first-order chi connectivity index (χ1) is 10.1. The van der Waals surface area contributed by atoms with E-state index < -0.39 is 0 Å². The van der Waals surface area contributed by atoms with Crippen LogP contribution in [0.4, 0.5) is 5.82 Å². The van der Waals surface area contributed by atoms with Crippen molar-refractivity contribution in [2.45, 2.75) is 20.8 Å². The van der Waals surface area contributed by atoms with Gasteiger partial charge in [-0.05, 0) is 37.5 Å². The molecule has 0 saturated carbocycles. The number of hydrogen-bond acceptors (Lipinski definition) is 3. The van der Waals surface area contributed by atoms with Crippen LogP contribution in [0.5, 0.6) is 0 Å². The summed E-state index contributed by atoms with van der Waals surface area (Å²) in [5.41, 5.74) is 12.5. The minimum Gasteiger partial charge on any atom is -0.380 e. The second-order valence-electron chi connectivity index (χ2n) is 5.40. The molecule has 0 aliphatic rings. The van der Waals surface area contributed by atoms with E-state index in [1.54, 1.807) is 0 Å². The Hall–Kier alpha value is -2.55. The summed E-state index contributed by atoms with van der Waals surface area (Å²) in [7, 11) is 0. The van der Waals surface area contributed by atoms with E-state index >= 15 is 0 Å². The number of hydrogen-bond donors (Lipinski definition) is 1. The molecule has 0 atom stereocenters. The third-order valence-corrected chi connectivity index (χ3v) is 3.77. The number of nitrogens with two attached hydrogens (primary N) is 1. The molecule has 2 N–H and O–H groups in total. The van der Waals surface area contributed by atoms with E-state index in [1.807, 2.05) is 6.07 Å². The first-order valence-corrected chi connectivity index (χ1v) is 6.96. The molecular formula is C18H18N2O. The Morgan fingerprint density at radius 1 is 0.857 bits per heavy atom. The fourth-order valence-corrected chi connectivity index (χ4v) is 2.64. The summed E-state index contributed by atoms with van der Waals surface area (Å²) in [5, 5.41) is 3.98. The minimum absolute atomic E-state index is 0.427. The molecule has 21 heavy (non-hydrogen) atoms. The van der Waals surface area contributed by atoms with Crippen LogP contribution in [0, 0.1) is 20.8 Å². The molecule has 106 valence electrons. The lowest BCUT2D eigenvalue weighted by molar-refractivity contribution is 0.435. The molecule has 0 fully saturated rings. The van der Waals surface area contributed by atoms with Gasteiger partial charge in [0, 0.05) is 5.56 Å². The molecule has 3 heteroatoms. The Morgan fingerprint density at radius 2 is 1.48 bits per heavy atom. The predicted molar refractivity (Wildman–Crippen MR) is 86.0 cm³/mol. The van der Waals surface area contributed by atoms with Gasteiger partial charge in [0.25, 0.3) is 0 Å². The van der Waals surface area contributed by atoms with E-state index in [0.29, 0.717) is 5.82 Å². The Bertz CT molecular complexity index is 765. The second-order valence-corrected chi connectivity index (χ2v) is 5.40. The molecule has 1 heterocycles. The molecule has 0 radical (unpaired) electrons. The van der Waals surface area contributed by atoms with Crippen molar-refractivity contribution in [3.8, 4) is 22.5 Å². The van der Waals surface area contributed by atoms with Gasteiger partial charge in [-0.3, -0.25) is 0 Å². The maximum absolute atomic E-state index is 6.04. The Balaban J connectivity index is 2.24. The highest BCUT2D eigenvalue weighted by molar-refractivity contribution is 5.88. The van der Waals surface area contributed by atoms with Crippen LogP contribution in [-0.2, 0) is 0 Å². The van der Waals surface area contributed by atoms with Crippen LogP contribution < -0.4 is 5.73 Å². The second kappa shape index (κ2) is 5.09. The van der Waals surface area contributed by atoms with Gasteiger partial charge in [-0.25, -0.2) is 0 Å². The number of rotatable bonds is 2. The normalized spacial score (nSPS) is 10.8. The van der Waals surface area contributed by atoms with Crippen molar-refractivity contribution in [2.75, 3.05) is 5.73 Å². The fourth-order valence-electron chi connectivity index (χ4n) is 2.64. The molecule has 3 nitrogen and oxygen atoms in total. The lowest BCUT2D eigenvalue weighted by atomic mass is 9.95. The van der Waals surface area contributed by atoms with E-state index in [0.717, 1.165) is 33.6 Å². The Morgan fingerprint density at radius 3 is 2.10 bits per heavy atom. The highest BCUT2D eigenvalue weighted by Crippen LogP contribution is 2.39. The average molecular weight is 278 g/mol. The number of aromatic nitrogens is 1. The maximum atomic E-state index is 6.04. The lowest BCUT2D eigenvalue weighted by Crippen LogP contribution is -1.91. The maximum Gasteiger partial charge on any atom is 0.177 e. The highest BCUT2D eigenvalue weighted by atomic mass is 16.5. The quantitative estimate of drug-likeness (QED) is 0.750. The SMILES string of the molecule is Cc1ccc(-c2c(N)noc2-c2c(C)cccc2C)cc1. The molecule has 2 aromatic carbocycles. The molecule has 3 aromatic rings. The van der Waals surface area contributed by atoms with Crippen LogP contribution in [0.15, 0.2) is 47.0 Å². The highest BCUT2D eigenvalue weighted by Gasteiger charge is 2.20. The Kier molecular flexibility index (Phi) is 3.26. The van der Waals surface area contributed by atoms with Crippen molar-refractivity contribution >= 4 is 5.82 Å². The van der Waals surface area contributed by atoms with Gasteiger partial charge in [0.15, 0.2) is 11.6 Å². The number of nitrogens with zero attached hydrogens (tertiary/aromatic N) is 1. The van der Waals surface area contributed by atoms with Gasteiger partial charge in [0.2, 0.25) is 0 Å². The topological polar surface area (TPSA) is 52.0 Å². The lowest BCUT2D eigenvalue weighted by Gasteiger charge is -2.09. The molecule has 0 amide bonds. The molecule has 0 aliphatic carbocycles. The first kappa shape index (κ1) is 13.4. The van der Waals surface area contributed by atoms with Crippen LogP contribution >= 0.6 is 0 Å². The summed E-state index contributed by atoms with van der Waals surface area (Å²) in [5.74, 6) is 1.17. The summed E-state index contributed by atoms with van der Waals surface area (Å²) in [4.78, 5) is 0. The molecule has 3 rings (SSSR count). The van der Waals surface area contributed by atoms with Gasteiger partial charge < -0.3 is 10.3 Å². The standard InChI is InChI=1S/C18H18N2O/c1-11-7-9-14(10-8-11)16-17(21-20-18(16)19)15-12(2)5-4-6-13(15)3/h4-10H,1-3H3,(H2,19,20). The van der Waals surface area contributed by atoms with Crippen molar-refractivity contribution in [1.29, 1.82) is 0 Å². The summed E-state index contributed by atoms with van der Waals surface area (Å²) in [6, 6.07) is 14.4. The van der Waals surface area contributed by atoms with Crippen LogP contribution in [0.25, 0.3) is 22.5 Å². The van der Waals surface area contributed by atoms with Gasteiger partial charge in [0.05, 0.1) is 5.56 Å². The van der Waals surface area contributed by atoms with Gasteiger partial charge in [-0.2, -0.15) is 0 Å². The molecular weight excluding hydrogens is 260 g/mol. The largest absolute Gasteiger partial charge is 0.380 e. The molecule has 0 spiro atoms. The molecule has 1 aromatic heterocycles. The van der Waals surface area contributed by atoms with Crippen LogP contribution in [0.1, 0.15) is 16.7 Å². The third-order valence-electron chi connectivity index (χ3n) is 3.77. The van der Waals surface area contributed by atoms with Crippen molar-refractivity contribution in [1.82, 2.24) is 5.16 Å². The smallest absolute Gasteiger partial charge is 0.177 e. The van der Waals surface area contributed by atoms with Crippen molar-refractivity contribution < 1.29 is 4.52 Å². The van der Waals surface area contributed by atoms with E-state index in [9.17, 15) is 0 Å². The van der Waals surface area contributed by atoms with E-state index in [-0.39, 0.29) is 0 Å². The first-order valence-electron chi connectivity index (χ1n) is 6.96. The fraction of sp³-hybridized carbons (Fsp3) is 0.167. The zero-order chi connectivity index (χ0) is 15.0. The van der Waals surface area contributed by atoms with E-state index in [1.165, 1.54) is 5.56 Å². The predicted octanol–water partition coefficient (Wildman–Crippen LogP) is 4.52. The summed E-state index contributed by atoms with van der Waals surface area (Å²) in [6.07, 6.45) is 0. The number of anilines is 1. The van der Waals surface area contributed by atoms with Gasteiger partial charge in [-0.1, -0.05) is 53.2 Å². The van der Waals surface area contributed by atoms with Crippen molar-refractivity contribution in [3.63, 3.8) is 0 Å². The molecule has 0 bridgehead atoms. The molecule has 0 unspecified atom stereocenters. The summed E-state index contributed by atoms with van der Waals surface area (Å²) in [6.45, 7) is 6.20. The Labute approximate surface area is 124 Å². The minimum atomic E-state index is 0.427. The van der Waals surface area contributed by atoms with Crippen LogP contribution in [0.3, 0.4) is 0 Å². The van der Waals surface area contributed by atoms with Crippen molar-refractivity contribution in [2.24, 2.45) is 0 Å². The van der Waals surface area contributed by atoms with Gasteiger partial charge >= 0.3 is 0 Å². The molecule has 0 aliphatic heterocycles. The number of nitrogen functional groups attached to an aromatic ring is 1. The number of aryl methyl sites for hydroxylation is 3. The van der Waals surface area contributed by atoms with E-state index in [4.69, 9.17) is 10.3 Å². The van der Waals surface area contributed by atoms with Gasteiger partial charge in [-0.15, -0.1) is 0 Å². The van der Waals surface area contributed by atoms with E-state index in [2.05, 4.69) is 62.3 Å². The zero-order valence-electron chi connectivity index (χ0n) is 12.5. The van der Waals surface area contributed by atoms with Crippen molar-refractivity contribution in [3.05, 3.63) is 59.2 Å². The summed E-state index contributed by atoms with van der Waals surface area (Å²) >= 11 is 0. The van der Waals surface area contributed by atoms with Crippen LogP contribution in [-0.4, -0.2) is 5.16 Å². The average Bonchev–Trinajstić information content (AvgIpc) is 2.82. The number of benzene rings is 2. The summed E-state index contributed by atoms with van der Waals surface area (Å²) < 4.78 is 5.55. The zero-order valence-corrected chi connectivity index (χ0v) is 12.5. The van der Waals surface area contributed by atoms with Crippen LogP contribution in [0.2, 0.25) is 0 Å². The van der Waals surface area contributed by atoms with Gasteiger partial charge in [0.1, 0.15) is 0 Å². The third kappa shape index (κ3) is 2.31. The molecule has 0 saturated heterocycles.